The lowest BCUT2D eigenvalue weighted by atomic mass is 10.0. The number of aromatic nitrogens is 2. The molecule has 55 heavy (non-hydrogen) atoms. The van der Waals surface area contributed by atoms with Crippen LogP contribution in [0.2, 0.25) is 0 Å². The molecule has 0 aliphatic heterocycles. The number of fused-ring (bicyclic) bond motifs is 7. The Hall–Kier alpha value is -7.43. The fourth-order valence-corrected chi connectivity index (χ4v) is 8.15. The summed E-state index contributed by atoms with van der Waals surface area (Å²) in [6.07, 6.45) is 0. The third-order valence-corrected chi connectivity index (χ3v) is 10.7. The second kappa shape index (κ2) is 12.6. The van der Waals surface area contributed by atoms with Crippen molar-refractivity contribution < 1.29 is 4.42 Å². The van der Waals surface area contributed by atoms with Gasteiger partial charge in [0.25, 0.3) is 0 Å². The van der Waals surface area contributed by atoms with Gasteiger partial charge in [0.15, 0.2) is 5.58 Å². The molecule has 0 aliphatic rings. The monoisotopic (exact) mass is 703 g/mol. The fraction of sp³-hybridized carbons (Fsp3) is 0. The van der Waals surface area contributed by atoms with Crippen LogP contribution in [0.5, 0.6) is 0 Å². The molecule has 0 unspecified atom stereocenters. The summed E-state index contributed by atoms with van der Waals surface area (Å²) in [5, 5.41) is 7.32. The van der Waals surface area contributed by atoms with Crippen molar-refractivity contribution in [2.75, 3.05) is 4.90 Å². The maximum Gasteiger partial charge on any atom is 0.227 e. The van der Waals surface area contributed by atoms with E-state index < -0.39 is 0 Å². The molecule has 2 heterocycles. The van der Waals surface area contributed by atoms with Gasteiger partial charge in [-0.05, 0) is 100 Å². The van der Waals surface area contributed by atoms with Gasteiger partial charge in [0.05, 0.1) is 11.0 Å². The molecule has 0 aliphatic carbocycles. The van der Waals surface area contributed by atoms with Gasteiger partial charge in [0, 0.05) is 44.5 Å². The molecule has 0 bridgehead atoms. The lowest BCUT2D eigenvalue weighted by Gasteiger charge is -2.26. The van der Waals surface area contributed by atoms with Gasteiger partial charge >= 0.3 is 0 Å². The van der Waals surface area contributed by atoms with Crippen molar-refractivity contribution in [1.29, 1.82) is 0 Å². The van der Waals surface area contributed by atoms with Crippen molar-refractivity contribution >= 4 is 71.5 Å². The molecule has 2 aromatic heterocycles. The highest BCUT2D eigenvalue weighted by Gasteiger charge is 2.20. The molecule has 0 saturated carbocycles. The second-order valence-corrected chi connectivity index (χ2v) is 14.0. The Morgan fingerprint density at radius 3 is 1.95 bits per heavy atom. The predicted molar refractivity (Wildman–Crippen MR) is 229 cm³/mol. The van der Waals surface area contributed by atoms with Crippen molar-refractivity contribution in [2.24, 2.45) is 0 Å². The summed E-state index contributed by atoms with van der Waals surface area (Å²) >= 11 is 0. The van der Waals surface area contributed by atoms with E-state index in [0.29, 0.717) is 5.89 Å². The molecule has 0 N–H and O–H groups in total. The van der Waals surface area contributed by atoms with Gasteiger partial charge in [0.2, 0.25) is 5.89 Å². The molecule has 4 heteroatoms. The Bertz CT molecular complexity index is 3210. The molecule has 0 spiro atoms. The average Bonchev–Trinajstić information content (AvgIpc) is 3.84. The molecular formula is C51H33N3O. The highest BCUT2D eigenvalue weighted by Crippen LogP contribution is 2.43. The van der Waals surface area contributed by atoms with Crippen molar-refractivity contribution in [3.8, 4) is 28.3 Å². The van der Waals surface area contributed by atoms with Crippen LogP contribution in [0.25, 0.3) is 82.7 Å². The minimum absolute atomic E-state index is 0.625. The first-order valence-corrected chi connectivity index (χ1v) is 18.6. The SMILES string of the molecule is c1ccc(-c2nc3cc(-c4cccc(N(c5ccc6ccccc6c5)c5ccc6c7ccc8ccccc8c7n(-c7ccccc7)c6c5)c4)ccc3o2)cc1. The van der Waals surface area contributed by atoms with E-state index in [4.69, 9.17) is 9.40 Å². The number of anilines is 3. The zero-order chi connectivity index (χ0) is 36.3. The highest BCUT2D eigenvalue weighted by molar-refractivity contribution is 6.19. The molecule has 0 amide bonds. The lowest BCUT2D eigenvalue weighted by molar-refractivity contribution is 0.620. The Morgan fingerprint density at radius 1 is 0.418 bits per heavy atom. The van der Waals surface area contributed by atoms with Crippen molar-refractivity contribution in [3.63, 3.8) is 0 Å². The first-order chi connectivity index (χ1) is 27.2. The molecule has 0 atom stereocenters. The summed E-state index contributed by atoms with van der Waals surface area (Å²) in [7, 11) is 0. The van der Waals surface area contributed by atoms with Gasteiger partial charge in [-0.1, -0.05) is 127 Å². The van der Waals surface area contributed by atoms with Crippen LogP contribution in [0.15, 0.2) is 205 Å². The quantitative estimate of drug-likeness (QED) is 0.173. The van der Waals surface area contributed by atoms with Crippen molar-refractivity contribution in [2.45, 2.75) is 0 Å². The number of benzene rings is 9. The maximum atomic E-state index is 6.16. The number of oxazole rings is 1. The number of rotatable bonds is 6. The molecule has 9 aromatic carbocycles. The highest BCUT2D eigenvalue weighted by atomic mass is 16.3. The van der Waals surface area contributed by atoms with E-state index in [1.54, 1.807) is 0 Å². The third-order valence-electron chi connectivity index (χ3n) is 10.7. The molecule has 11 aromatic rings. The smallest absolute Gasteiger partial charge is 0.227 e. The van der Waals surface area contributed by atoms with Crippen LogP contribution in [0.4, 0.5) is 17.1 Å². The number of nitrogens with zero attached hydrogens (tertiary/aromatic N) is 3. The molecule has 0 fully saturated rings. The van der Waals surface area contributed by atoms with E-state index in [9.17, 15) is 0 Å². The minimum atomic E-state index is 0.625. The van der Waals surface area contributed by atoms with Crippen LogP contribution < -0.4 is 4.90 Å². The van der Waals surface area contributed by atoms with Crippen molar-refractivity contribution in [1.82, 2.24) is 9.55 Å². The summed E-state index contributed by atoms with van der Waals surface area (Å²) in [4.78, 5) is 7.25. The number of hydrogen-bond donors (Lipinski definition) is 0. The predicted octanol–water partition coefficient (Wildman–Crippen LogP) is 14.0. The van der Waals surface area contributed by atoms with Crippen LogP contribution in [-0.2, 0) is 0 Å². The number of hydrogen-bond acceptors (Lipinski definition) is 3. The zero-order valence-corrected chi connectivity index (χ0v) is 29.8. The minimum Gasteiger partial charge on any atom is -0.436 e. The summed E-state index contributed by atoms with van der Waals surface area (Å²) in [6.45, 7) is 0. The van der Waals surface area contributed by atoms with Crippen LogP contribution in [0.3, 0.4) is 0 Å². The zero-order valence-electron chi connectivity index (χ0n) is 29.8. The summed E-state index contributed by atoms with van der Waals surface area (Å²) in [5.41, 5.74) is 11.5. The van der Waals surface area contributed by atoms with Gasteiger partial charge < -0.3 is 13.9 Å². The van der Waals surface area contributed by atoms with E-state index in [1.165, 1.54) is 37.8 Å². The standard InChI is InChI=1S/C51H33N3O/c1-3-14-36(15-4-1)51-52-47-32-39(24-29-49(47)55-51)38-17-11-20-41(31-38)53(42-25-22-34-12-7-8-16-37(34)30-42)43-26-28-45-46-27-23-35-13-9-10-21-44(35)50(46)54(48(45)33-43)40-18-5-2-6-19-40/h1-33H. The first-order valence-electron chi connectivity index (χ1n) is 18.6. The Balaban J connectivity index is 1.11. The van der Waals surface area contributed by atoms with Crippen LogP contribution >= 0.6 is 0 Å². The van der Waals surface area contributed by atoms with E-state index >= 15 is 0 Å². The lowest BCUT2D eigenvalue weighted by Crippen LogP contribution is -2.10. The van der Waals surface area contributed by atoms with Crippen LogP contribution in [0, 0.1) is 0 Å². The summed E-state index contributed by atoms with van der Waals surface area (Å²) in [6, 6.07) is 71.2. The van der Waals surface area contributed by atoms with Gasteiger partial charge in [0.1, 0.15) is 5.52 Å². The Morgan fingerprint density at radius 2 is 1.07 bits per heavy atom. The van der Waals surface area contributed by atoms with Gasteiger partial charge in [-0.3, -0.25) is 0 Å². The molecular weight excluding hydrogens is 671 g/mol. The maximum absolute atomic E-state index is 6.16. The Kier molecular flexibility index (Phi) is 7.14. The average molecular weight is 704 g/mol. The first kappa shape index (κ1) is 31.1. The Labute approximate surface area is 317 Å². The van der Waals surface area contributed by atoms with Crippen molar-refractivity contribution in [3.05, 3.63) is 200 Å². The fourth-order valence-electron chi connectivity index (χ4n) is 8.15. The molecule has 258 valence electrons. The largest absolute Gasteiger partial charge is 0.436 e. The van der Waals surface area contributed by atoms with E-state index in [1.807, 2.05) is 36.4 Å². The summed E-state index contributed by atoms with van der Waals surface area (Å²) in [5.74, 6) is 0.625. The third kappa shape index (κ3) is 5.26. The van der Waals surface area contributed by atoms with Crippen LogP contribution in [0.1, 0.15) is 0 Å². The van der Waals surface area contributed by atoms with Gasteiger partial charge in [-0.25, -0.2) is 4.98 Å². The number of para-hydroxylation sites is 1. The normalized spacial score (nSPS) is 11.6. The second-order valence-electron chi connectivity index (χ2n) is 14.0. The topological polar surface area (TPSA) is 34.2 Å². The van der Waals surface area contributed by atoms with Gasteiger partial charge in [-0.2, -0.15) is 0 Å². The molecule has 4 nitrogen and oxygen atoms in total. The molecule has 0 saturated heterocycles. The molecule has 0 radical (unpaired) electrons. The van der Waals surface area contributed by atoms with E-state index in [-0.39, 0.29) is 0 Å². The van der Waals surface area contributed by atoms with E-state index in [0.717, 1.165) is 56.1 Å². The van der Waals surface area contributed by atoms with Crippen LogP contribution in [-0.4, -0.2) is 9.55 Å². The van der Waals surface area contributed by atoms with E-state index in [2.05, 4.69) is 173 Å². The van der Waals surface area contributed by atoms with Gasteiger partial charge in [-0.15, -0.1) is 0 Å². The molecule has 11 rings (SSSR count). The summed E-state index contributed by atoms with van der Waals surface area (Å²) < 4.78 is 8.59.